The fourth-order valence-electron chi connectivity index (χ4n) is 1.24. The fourth-order valence-corrected chi connectivity index (χ4v) is 1.24. The Bertz CT molecular complexity index is 351. The van der Waals surface area contributed by atoms with Crippen LogP contribution in [0.3, 0.4) is 0 Å². The van der Waals surface area contributed by atoms with Crippen molar-refractivity contribution in [3.8, 4) is 0 Å². The lowest BCUT2D eigenvalue weighted by molar-refractivity contribution is 1.38. The minimum atomic E-state index is 0.677. The summed E-state index contributed by atoms with van der Waals surface area (Å²) < 4.78 is 0. The molecule has 1 aliphatic rings. The first-order chi connectivity index (χ1) is 5.86. The summed E-state index contributed by atoms with van der Waals surface area (Å²) in [6, 6.07) is 7.97. The Balaban J connectivity index is 2.58. The highest BCUT2D eigenvalue weighted by Crippen LogP contribution is 2.22. The summed E-state index contributed by atoms with van der Waals surface area (Å²) >= 11 is 0. The van der Waals surface area contributed by atoms with Crippen LogP contribution in [0.2, 0.25) is 0 Å². The Labute approximate surface area is 71.4 Å². The first-order valence-corrected chi connectivity index (χ1v) is 3.95. The van der Waals surface area contributed by atoms with E-state index in [0.29, 0.717) is 5.84 Å². The van der Waals surface area contributed by atoms with Crippen LogP contribution in [-0.4, -0.2) is 5.84 Å². The Morgan fingerprint density at radius 3 is 3.00 bits per heavy atom. The van der Waals surface area contributed by atoms with Gasteiger partial charge in [-0.3, -0.25) is 0 Å². The molecular formula is C10H10N2. The molecule has 0 bridgehead atoms. The molecule has 0 amide bonds. The molecule has 1 aliphatic heterocycles. The van der Waals surface area contributed by atoms with Crippen molar-refractivity contribution >= 4 is 17.6 Å². The molecule has 2 N–H and O–H groups in total. The van der Waals surface area contributed by atoms with Crippen LogP contribution < -0.4 is 5.73 Å². The smallest absolute Gasteiger partial charge is 0.103 e. The zero-order valence-electron chi connectivity index (χ0n) is 6.70. The third kappa shape index (κ3) is 1.23. The van der Waals surface area contributed by atoms with E-state index in [9.17, 15) is 0 Å². The van der Waals surface area contributed by atoms with E-state index in [-0.39, 0.29) is 0 Å². The van der Waals surface area contributed by atoms with E-state index in [1.165, 1.54) is 0 Å². The molecule has 0 fully saturated rings. The van der Waals surface area contributed by atoms with Gasteiger partial charge in [0.05, 0.1) is 5.69 Å². The Kier molecular flexibility index (Phi) is 1.67. The molecule has 12 heavy (non-hydrogen) atoms. The number of benzene rings is 1. The van der Waals surface area contributed by atoms with Gasteiger partial charge in [0.15, 0.2) is 0 Å². The van der Waals surface area contributed by atoms with Gasteiger partial charge in [0.2, 0.25) is 0 Å². The zero-order valence-corrected chi connectivity index (χ0v) is 6.70. The predicted octanol–water partition coefficient (Wildman–Crippen LogP) is 2.09. The molecule has 0 spiro atoms. The van der Waals surface area contributed by atoms with Crippen LogP contribution >= 0.6 is 0 Å². The van der Waals surface area contributed by atoms with E-state index < -0.39 is 0 Å². The number of hydrogen-bond donors (Lipinski definition) is 1. The topological polar surface area (TPSA) is 38.4 Å². The molecule has 1 aromatic carbocycles. The average Bonchev–Trinajstić information content (AvgIpc) is 2.25. The molecule has 0 unspecified atom stereocenters. The Hall–Kier alpha value is -1.57. The summed E-state index contributed by atoms with van der Waals surface area (Å²) in [5.74, 6) is 0.677. The fraction of sp³-hybridized carbons (Fsp3) is 0.100. The number of nitrogens with two attached hydrogens (primary N) is 1. The van der Waals surface area contributed by atoms with Crippen molar-refractivity contribution in [1.82, 2.24) is 0 Å². The number of amidine groups is 1. The summed E-state index contributed by atoms with van der Waals surface area (Å²) in [6.45, 7) is 0. The zero-order chi connectivity index (χ0) is 8.39. The van der Waals surface area contributed by atoms with E-state index in [0.717, 1.165) is 17.7 Å². The second-order valence-corrected chi connectivity index (χ2v) is 2.77. The standard InChI is InChI=1S/C10H10N2/c11-10-7-3-5-8-4-1-2-6-9(8)12-10/h1-6H,7H2,(H2,11,12). The van der Waals surface area contributed by atoms with Crippen molar-refractivity contribution in [2.45, 2.75) is 6.42 Å². The highest BCUT2D eigenvalue weighted by molar-refractivity contribution is 5.88. The maximum absolute atomic E-state index is 5.65. The van der Waals surface area contributed by atoms with Crippen LogP contribution in [0.5, 0.6) is 0 Å². The molecule has 0 atom stereocenters. The van der Waals surface area contributed by atoms with Gasteiger partial charge in [-0.15, -0.1) is 0 Å². The Morgan fingerprint density at radius 2 is 2.08 bits per heavy atom. The minimum Gasteiger partial charge on any atom is -0.387 e. The average molecular weight is 158 g/mol. The van der Waals surface area contributed by atoms with Gasteiger partial charge in [-0.1, -0.05) is 30.4 Å². The third-order valence-corrected chi connectivity index (χ3v) is 1.83. The molecular weight excluding hydrogens is 148 g/mol. The van der Waals surface area contributed by atoms with E-state index in [1.54, 1.807) is 0 Å². The van der Waals surface area contributed by atoms with Gasteiger partial charge < -0.3 is 5.73 Å². The molecule has 0 aliphatic carbocycles. The molecule has 2 heteroatoms. The van der Waals surface area contributed by atoms with Crippen molar-refractivity contribution in [1.29, 1.82) is 0 Å². The highest BCUT2D eigenvalue weighted by atomic mass is 14.9. The van der Waals surface area contributed by atoms with Gasteiger partial charge in [-0.25, -0.2) is 4.99 Å². The monoisotopic (exact) mass is 158 g/mol. The summed E-state index contributed by atoms with van der Waals surface area (Å²) in [4.78, 5) is 4.27. The predicted molar refractivity (Wildman–Crippen MR) is 51.4 cm³/mol. The number of nitrogens with zero attached hydrogens (tertiary/aromatic N) is 1. The summed E-state index contributed by atoms with van der Waals surface area (Å²) in [6.07, 6.45) is 4.83. The number of rotatable bonds is 0. The molecule has 1 aromatic rings. The van der Waals surface area contributed by atoms with Crippen molar-refractivity contribution in [2.24, 2.45) is 10.7 Å². The van der Waals surface area contributed by atoms with Crippen LogP contribution in [0.4, 0.5) is 5.69 Å². The minimum absolute atomic E-state index is 0.677. The van der Waals surface area contributed by atoms with Crippen molar-refractivity contribution in [3.63, 3.8) is 0 Å². The number of fused-ring (bicyclic) bond motifs is 1. The number of hydrogen-bond acceptors (Lipinski definition) is 2. The molecule has 60 valence electrons. The molecule has 1 heterocycles. The van der Waals surface area contributed by atoms with E-state index in [2.05, 4.69) is 11.1 Å². The van der Waals surface area contributed by atoms with Gasteiger partial charge in [-0.05, 0) is 11.6 Å². The van der Waals surface area contributed by atoms with E-state index >= 15 is 0 Å². The summed E-state index contributed by atoms with van der Waals surface area (Å²) in [5.41, 5.74) is 7.75. The maximum Gasteiger partial charge on any atom is 0.103 e. The van der Waals surface area contributed by atoms with Gasteiger partial charge in [0.25, 0.3) is 0 Å². The lowest BCUT2D eigenvalue weighted by Crippen LogP contribution is -2.08. The number of para-hydroxylation sites is 1. The SMILES string of the molecule is NC1=Nc2ccccc2C=CC1. The molecule has 0 saturated carbocycles. The van der Waals surface area contributed by atoms with Gasteiger partial charge >= 0.3 is 0 Å². The van der Waals surface area contributed by atoms with E-state index in [4.69, 9.17) is 5.73 Å². The normalized spacial score (nSPS) is 14.8. The van der Waals surface area contributed by atoms with Crippen LogP contribution in [0.15, 0.2) is 35.3 Å². The highest BCUT2D eigenvalue weighted by Gasteiger charge is 2.00. The summed E-state index contributed by atoms with van der Waals surface area (Å²) in [5, 5.41) is 0. The van der Waals surface area contributed by atoms with Gasteiger partial charge in [0, 0.05) is 6.42 Å². The molecule has 0 radical (unpaired) electrons. The Morgan fingerprint density at radius 1 is 1.25 bits per heavy atom. The van der Waals surface area contributed by atoms with Crippen LogP contribution in [0.25, 0.3) is 6.08 Å². The molecule has 2 rings (SSSR count). The molecule has 2 nitrogen and oxygen atoms in total. The van der Waals surface area contributed by atoms with Crippen LogP contribution in [-0.2, 0) is 0 Å². The van der Waals surface area contributed by atoms with E-state index in [1.807, 2.05) is 30.3 Å². The largest absolute Gasteiger partial charge is 0.387 e. The lowest BCUT2D eigenvalue weighted by Gasteiger charge is -1.97. The maximum atomic E-state index is 5.65. The summed E-state index contributed by atoms with van der Waals surface area (Å²) in [7, 11) is 0. The second-order valence-electron chi connectivity index (χ2n) is 2.77. The second kappa shape index (κ2) is 2.81. The molecule has 0 saturated heterocycles. The van der Waals surface area contributed by atoms with Crippen LogP contribution in [0, 0.1) is 0 Å². The third-order valence-electron chi connectivity index (χ3n) is 1.83. The first-order valence-electron chi connectivity index (χ1n) is 3.95. The lowest BCUT2D eigenvalue weighted by atomic mass is 10.2. The van der Waals surface area contributed by atoms with Crippen LogP contribution in [0.1, 0.15) is 12.0 Å². The van der Waals surface area contributed by atoms with Crippen molar-refractivity contribution in [3.05, 3.63) is 35.9 Å². The van der Waals surface area contributed by atoms with Gasteiger partial charge in [-0.2, -0.15) is 0 Å². The number of aliphatic imine (C=N–C) groups is 1. The quantitative estimate of drug-likeness (QED) is 0.616. The van der Waals surface area contributed by atoms with Crippen molar-refractivity contribution in [2.75, 3.05) is 0 Å². The van der Waals surface area contributed by atoms with Gasteiger partial charge in [0.1, 0.15) is 5.84 Å². The molecule has 0 aromatic heterocycles. The van der Waals surface area contributed by atoms with Crippen molar-refractivity contribution < 1.29 is 0 Å². The first kappa shape index (κ1) is 7.10.